The molecular weight excluding hydrogens is 206 g/mol. The van der Waals surface area contributed by atoms with Crippen molar-refractivity contribution in [2.75, 3.05) is 0 Å². The van der Waals surface area contributed by atoms with Gasteiger partial charge in [-0.05, 0) is 46.7 Å². The maximum Gasteiger partial charge on any atom is 0.0998 e. The molecule has 2 rings (SSSR count). The van der Waals surface area contributed by atoms with E-state index < -0.39 is 0 Å². The highest BCUT2D eigenvalue weighted by Crippen LogP contribution is 2.33. The maximum atomic E-state index is 9.21. The lowest BCUT2D eigenvalue weighted by atomic mass is 10.0. The molecule has 0 aromatic rings. The van der Waals surface area contributed by atoms with Crippen molar-refractivity contribution in [1.82, 2.24) is 0 Å². The highest BCUT2D eigenvalue weighted by molar-refractivity contribution is 5.78. The van der Waals surface area contributed by atoms with Crippen LogP contribution in [-0.2, 0) is 6.42 Å². The Bertz CT molecular complexity index is 546. The van der Waals surface area contributed by atoms with E-state index in [1.165, 1.54) is 16.7 Å². The van der Waals surface area contributed by atoms with Gasteiger partial charge in [-0.3, -0.25) is 0 Å². The van der Waals surface area contributed by atoms with Crippen LogP contribution in [0.25, 0.3) is 11.1 Å². The van der Waals surface area contributed by atoms with Crippen molar-refractivity contribution in [3.8, 4) is 17.2 Å². The number of hydrogen-bond acceptors (Lipinski definition) is 1. The van der Waals surface area contributed by atoms with Gasteiger partial charge < -0.3 is 0 Å². The zero-order chi connectivity index (χ0) is 12.4. The monoisotopic (exact) mass is 223 g/mol. The molecule has 0 amide bonds. The SMILES string of the molecule is CCc1cc(C#N)c2cc(C(C)C)cccc1-2. The number of hydrogen-bond donors (Lipinski definition) is 0. The second-order valence-electron chi connectivity index (χ2n) is 4.70. The first-order chi connectivity index (χ1) is 8.17. The summed E-state index contributed by atoms with van der Waals surface area (Å²) in [6, 6.07) is 12.9. The molecule has 2 aliphatic carbocycles. The van der Waals surface area contributed by atoms with Gasteiger partial charge >= 0.3 is 0 Å². The van der Waals surface area contributed by atoms with Crippen LogP contribution in [0.5, 0.6) is 0 Å². The molecule has 0 heterocycles. The van der Waals surface area contributed by atoms with Crippen molar-refractivity contribution in [2.24, 2.45) is 0 Å². The smallest absolute Gasteiger partial charge is 0.0998 e. The van der Waals surface area contributed by atoms with E-state index in [0.717, 1.165) is 17.5 Å². The van der Waals surface area contributed by atoms with E-state index in [4.69, 9.17) is 0 Å². The van der Waals surface area contributed by atoms with Crippen LogP contribution < -0.4 is 0 Å². The molecule has 0 radical (unpaired) electrons. The summed E-state index contributed by atoms with van der Waals surface area (Å²) in [7, 11) is 0. The van der Waals surface area contributed by atoms with E-state index >= 15 is 0 Å². The number of rotatable bonds is 2. The Kier molecular flexibility index (Phi) is 3.15. The molecule has 1 heteroatoms. The summed E-state index contributed by atoms with van der Waals surface area (Å²) in [5, 5.41) is 9.21. The molecule has 0 fully saturated rings. The van der Waals surface area contributed by atoms with Gasteiger partial charge in [0.05, 0.1) is 11.6 Å². The lowest BCUT2D eigenvalue weighted by Gasteiger charge is -2.02. The number of aryl methyl sites for hydroxylation is 1. The minimum atomic E-state index is 0.483. The summed E-state index contributed by atoms with van der Waals surface area (Å²) in [6.45, 7) is 6.49. The minimum Gasteiger partial charge on any atom is -0.192 e. The van der Waals surface area contributed by atoms with Crippen molar-refractivity contribution in [2.45, 2.75) is 33.1 Å². The molecule has 0 aliphatic heterocycles. The van der Waals surface area contributed by atoms with Gasteiger partial charge in [0.25, 0.3) is 0 Å². The quantitative estimate of drug-likeness (QED) is 0.742. The molecule has 0 atom stereocenters. The Labute approximate surface area is 103 Å². The molecule has 0 saturated carbocycles. The van der Waals surface area contributed by atoms with Crippen LogP contribution >= 0.6 is 0 Å². The fraction of sp³-hybridized carbons (Fsp3) is 0.312. The minimum absolute atomic E-state index is 0.483. The van der Waals surface area contributed by atoms with Crippen LogP contribution in [0, 0.1) is 11.3 Å². The molecule has 0 spiro atoms. The van der Waals surface area contributed by atoms with E-state index in [1.54, 1.807) is 0 Å². The number of fused-ring (bicyclic) bond motifs is 1. The molecule has 86 valence electrons. The first kappa shape index (κ1) is 11.7. The van der Waals surface area contributed by atoms with Gasteiger partial charge in [0.2, 0.25) is 0 Å². The van der Waals surface area contributed by atoms with Gasteiger partial charge in [0.1, 0.15) is 0 Å². The zero-order valence-electron chi connectivity index (χ0n) is 10.6. The summed E-state index contributed by atoms with van der Waals surface area (Å²) in [4.78, 5) is 0. The average Bonchev–Trinajstić information content (AvgIpc) is 2.50. The average molecular weight is 223 g/mol. The van der Waals surface area contributed by atoms with E-state index in [-0.39, 0.29) is 0 Å². The molecule has 0 aromatic carbocycles. The standard InChI is InChI=1S/C16H17N/c1-4-12-8-14(10-17)16-9-13(11(2)3)6-5-7-15(12)16/h5-9,11H,4H2,1-3H3. The lowest BCUT2D eigenvalue weighted by Crippen LogP contribution is -1.84. The van der Waals surface area contributed by atoms with E-state index in [9.17, 15) is 5.26 Å². The van der Waals surface area contributed by atoms with E-state index in [2.05, 4.69) is 51.1 Å². The summed E-state index contributed by atoms with van der Waals surface area (Å²) in [5.41, 5.74) is 5.66. The predicted molar refractivity (Wildman–Crippen MR) is 71.2 cm³/mol. The summed E-state index contributed by atoms with van der Waals surface area (Å²) in [5.74, 6) is 0.483. The third kappa shape index (κ3) is 2.03. The van der Waals surface area contributed by atoms with Gasteiger partial charge in [-0.2, -0.15) is 5.26 Å². The third-order valence-corrected chi connectivity index (χ3v) is 3.28. The van der Waals surface area contributed by atoms with Crippen LogP contribution in [-0.4, -0.2) is 0 Å². The third-order valence-electron chi connectivity index (χ3n) is 3.28. The molecule has 0 N–H and O–H groups in total. The summed E-state index contributed by atoms with van der Waals surface area (Å²) >= 11 is 0. The second-order valence-corrected chi connectivity index (χ2v) is 4.70. The van der Waals surface area contributed by atoms with Crippen LogP contribution in [0.15, 0.2) is 30.3 Å². The Morgan fingerprint density at radius 3 is 2.53 bits per heavy atom. The predicted octanol–water partition coefficient (Wildman–Crippen LogP) is 4.35. The Hall–Kier alpha value is -1.81. The lowest BCUT2D eigenvalue weighted by molar-refractivity contribution is 0.869. The van der Waals surface area contributed by atoms with Gasteiger partial charge in [0.15, 0.2) is 0 Å². The fourth-order valence-electron chi connectivity index (χ4n) is 2.21. The van der Waals surface area contributed by atoms with E-state index in [1.807, 2.05) is 6.07 Å². The van der Waals surface area contributed by atoms with Gasteiger partial charge in [-0.25, -0.2) is 0 Å². The highest BCUT2D eigenvalue weighted by Gasteiger charge is 2.14. The van der Waals surface area contributed by atoms with Crippen molar-refractivity contribution in [3.63, 3.8) is 0 Å². The zero-order valence-corrected chi connectivity index (χ0v) is 10.6. The maximum absolute atomic E-state index is 9.21. The molecular formula is C16H17N. The molecule has 17 heavy (non-hydrogen) atoms. The van der Waals surface area contributed by atoms with E-state index in [0.29, 0.717) is 5.92 Å². The molecule has 0 bridgehead atoms. The molecule has 0 saturated heterocycles. The van der Waals surface area contributed by atoms with Gasteiger partial charge in [0, 0.05) is 0 Å². The normalized spacial score (nSPS) is 10.8. The Morgan fingerprint density at radius 2 is 1.94 bits per heavy atom. The number of nitrogens with zero attached hydrogens (tertiary/aromatic N) is 1. The molecule has 1 nitrogen and oxygen atoms in total. The second kappa shape index (κ2) is 4.59. The Balaban J connectivity index is 2.71. The van der Waals surface area contributed by atoms with Gasteiger partial charge in [-0.15, -0.1) is 0 Å². The first-order valence-corrected chi connectivity index (χ1v) is 6.13. The van der Waals surface area contributed by atoms with Crippen LogP contribution in [0.2, 0.25) is 0 Å². The molecule has 2 aliphatic rings. The first-order valence-electron chi connectivity index (χ1n) is 6.13. The largest absolute Gasteiger partial charge is 0.192 e. The molecule has 0 unspecified atom stereocenters. The van der Waals surface area contributed by atoms with Gasteiger partial charge in [-0.1, -0.05) is 39.0 Å². The van der Waals surface area contributed by atoms with Crippen LogP contribution in [0.3, 0.4) is 0 Å². The topological polar surface area (TPSA) is 23.8 Å². The summed E-state index contributed by atoms with van der Waals surface area (Å²) in [6.07, 6.45) is 0.971. The Morgan fingerprint density at radius 1 is 1.18 bits per heavy atom. The van der Waals surface area contributed by atoms with Crippen molar-refractivity contribution in [1.29, 1.82) is 5.26 Å². The molecule has 0 aromatic heterocycles. The van der Waals surface area contributed by atoms with Crippen LogP contribution in [0.1, 0.15) is 43.4 Å². The van der Waals surface area contributed by atoms with Crippen molar-refractivity contribution in [3.05, 3.63) is 47.0 Å². The summed E-state index contributed by atoms with van der Waals surface area (Å²) < 4.78 is 0. The van der Waals surface area contributed by atoms with Crippen molar-refractivity contribution >= 4 is 0 Å². The highest BCUT2D eigenvalue weighted by atomic mass is 14.3. The van der Waals surface area contributed by atoms with Crippen LogP contribution in [0.4, 0.5) is 0 Å². The fourth-order valence-corrected chi connectivity index (χ4v) is 2.21. The van der Waals surface area contributed by atoms with Crippen molar-refractivity contribution < 1.29 is 0 Å². The number of nitriles is 1.